The van der Waals surface area contributed by atoms with E-state index in [1.165, 1.54) is 22.3 Å². The van der Waals surface area contributed by atoms with Gasteiger partial charge in [-0.1, -0.05) is 55.5 Å². The quantitative estimate of drug-likeness (QED) is 0.853. The Morgan fingerprint density at radius 3 is 2.56 bits per heavy atom. The van der Waals surface area contributed by atoms with Crippen molar-refractivity contribution in [3.05, 3.63) is 59.7 Å². The van der Waals surface area contributed by atoms with Crippen LogP contribution in [0.3, 0.4) is 0 Å². The molecule has 0 spiro atoms. The maximum atomic E-state index is 5.64. The van der Waals surface area contributed by atoms with Crippen LogP contribution in [0, 0.1) is 6.92 Å². The van der Waals surface area contributed by atoms with Gasteiger partial charge in [0.1, 0.15) is 0 Å². The SMILES string of the molecule is Cc1ccccc1-c1cccc(C(C)CCN)c1. The lowest BCUT2D eigenvalue weighted by atomic mass is 9.93. The van der Waals surface area contributed by atoms with Crippen molar-refractivity contribution >= 4 is 0 Å². The molecule has 0 aliphatic carbocycles. The molecule has 0 heterocycles. The molecule has 18 heavy (non-hydrogen) atoms. The van der Waals surface area contributed by atoms with Gasteiger partial charge in [-0.05, 0) is 48.1 Å². The molecule has 0 aromatic heterocycles. The first kappa shape index (κ1) is 12.8. The minimum Gasteiger partial charge on any atom is -0.330 e. The molecular weight excluding hydrogens is 218 g/mol. The number of hydrogen-bond acceptors (Lipinski definition) is 1. The first-order chi connectivity index (χ1) is 8.72. The van der Waals surface area contributed by atoms with Gasteiger partial charge in [0.25, 0.3) is 0 Å². The summed E-state index contributed by atoms with van der Waals surface area (Å²) >= 11 is 0. The first-order valence-corrected chi connectivity index (χ1v) is 6.58. The maximum Gasteiger partial charge on any atom is -0.00715 e. The van der Waals surface area contributed by atoms with Crippen LogP contribution < -0.4 is 5.73 Å². The van der Waals surface area contributed by atoms with Crippen LogP contribution >= 0.6 is 0 Å². The number of hydrogen-bond donors (Lipinski definition) is 1. The minimum absolute atomic E-state index is 0.527. The van der Waals surface area contributed by atoms with Crippen LogP contribution in [0.5, 0.6) is 0 Å². The Kier molecular flexibility index (Phi) is 4.16. The lowest BCUT2D eigenvalue weighted by Crippen LogP contribution is -2.04. The highest BCUT2D eigenvalue weighted by Crippen LogP contribution is 2.27. The molecule has 0 aliphatic heterocycles. The summed E-state index contributed by atoms with van der Waals surface area (Å²) in [5.41, 5.74) is 11.0. The predicted molar refractivity (Wildman–Crippen MR) is 78.7 cm³/mol. The van der Waals surface area contributed by atoms with Gasteiger partial charge in [0, 0.05) is 0 Å². The van der Waals surface area contributed by atoms with Gasteiger partial charge in [0.2, 0.25) is 0 Å². The van der Waals surface area contributed by atoms with E-state index in [-0.39, 0.29) is 0 Å². The summed E-state index contributed by atoms with van der Waals surface area (Å²) in [7, 11) is 0. The Hall–Kier alpha value is -1.60. The zero-order valence-corrected chi connectivity index (χ0v) is 11.2. The fourth-order valence-electron chi connectivity index (χ4n) is 2.33. The zero-order valence-electron chi connectivity index (χ0n) is 11.2. The molecule has 0 saturated heterocycles. The second-order valence-electron chi connectivity index (χ2n) is 4.92. The lowest BCUT2D eigenvalue weighted by Gasteiger charge is -2.13. The zero-order chi connectivity index (χ0) is 13.0. The molecule has 1 unspecified atom stereocenters. The molecule has 0 saturated carbocycles. The van der Waals surface area contributed by atoms with E-state index >= 15 is 0 Å². The summed E-state index contributed by atoms with van der Waals surface area (Å²) in [6.45, 7) is 5.14. The normalized spacial score (nSPS) is 12.4. The van der Waals surface area contributed by atoms with Gasteiger partial charge in [0.15, 0.2) is 0 Å². The van der Waals surface area contributed by atoms with E-state index in [2.05, 4.69) is 62.4 Å². The van der Waals surface area contributed by atoms with Crippen molar-refractivity contribution in [2.45, 2.75) is 26.2 Å². The van der Waals surface area contributed by atoms with Crippen molar-refractivity contribution in [3.63, 3.8) is 0 Å². The predicted octanol–water partition coefficient (Wildman–Crippen LogP) is 4.11. The molecule has 0 bridgehead atoms. The van der Waals surface area contributed by atoms with E-state index in [1.54, 1.807) is 0 Å². The van der Waals surface area contributed by atoms with Crippen LogP contribution in [-0.2, 0) is 0 Å². The topological polar surface area (TPSA) is 26.0 Å². The molecule has 2 rings (SSSR count). The van der Waals surface area contributed by atoms with Crippen LogP contribution in [0.2, 0.25) is 0 Å². The van der Waals surface area contributed by atoms with Gasteiger partial charge in [-0.3, -0.25) is 0 Å². The van der Waals surface area contributed by atoms with Crippen molar-refractivity contribution in [3.8, 4) is 11.1 Å². The van der Waals surface area contributed by atoms with Gasteiger partial charge in [-0.15, -0.1) is 0 Å². The van der Waals surface area contributed by atoms with Crippen LogP contribution in [0.25, 0.3) is 11.1 Å². The Labute approximate surface area is 110 Å². The van der Waals surface area contributed by atoms with Gasteiger partial charge in [-0.2, -0.15) is 0 Å². The molecule has 94 valence electrons. The van der Waals surface area contributed by atoms with Crippen molar-refractivity contribution in [1.82, 2.24) is 0 Å². The minimum atomic E-state index is 0.527. The largest absolute Gasteiger partial charge is 0.330 e. The van der Waals surface area contributed by atoms with Crippen molar-refractivity contribution < 1.29 is 0 Å². The summed E-state index contributed by atoms with van der Waals surface area (Å²) in [5, 5.41) is 0. The summed E-state index contributed by atoms with van der Waals surface area (Å²) < 4.78 is 0. The first-order valence-electron chi connectivity index (χ1n) is 6.58. The summed E-state index contributed by atoms with van der Waals surface area (Å²) in [4.78, 5) is 0. The van der Waals surface area contributed by atoms with Gasteiger partial charge < -0.3 is 5.73 Å². The molecule has 0 amide bonds. The Morgan fingerprint density at radius 1 is 1.06 bits per heavy atom. The number of benzene rings is 2. The highest BCUT2D eigenvalue weighted by molar-refractivity contribution is 5.67. The van der Waals surface area contributed by atoms with Crippen LogP contribution in [0.15, 0.2) is 48.5 Å². The Balaban J connectivity index is 2.36. The van der Waals surface area contributed by atoms with Crippen LogP contribution in [0.4, 0.5) is 0 Å². The average molecular weight is 239 g/mol. The van der Waals surface area contributed by atoms with Gasteiger partial charge in [0.05, 0.1) is 0 Å². The Bertz CT molecular complexity index is 517. The van der Waals surface area contributed by atoms with Crippen LogP contribution in [-0.4, -0.2) is 6.54 Å². The number of nitrogens with two attached hydrogens (primary N) is 1. The third kappa shape index (κ3) is 2.80. The van der Waals surface area contributed by atoms with E-state index in [9.17, 15) is 0 Å². The van der Waals surface area contributed by atoms with E-state index in [0.717, 1.165) is 13.0 Å². The molecule has 1 atom stereocenters. The Morgan fingerprint density at radius 2 is 1.83 bits per heavy atom. The molecule has 2 aromatic rings. The summed E-state index contributed by atoms with van der Waals surface area (Å²) in [6.07, 6.45) is 1.04. The molecule has 0 radical (unpaired) electrons. The highest BCUT2D eigenvalue weighted by atomic mass is 14.5. The molecule has 1 nitrogen and oxygen atoms in total. The number of rotatable bonds is 4. The second-order valence-corrected chi connectivity index (χ2v) is 4.92. The lowest BCUT2D eigenvalue weighted by molar-refractivity contribution is 0.690. The molecular formula is C17H21N. The van der Waals surface area contributed by atoms with E-state index in [4.69, 9.17) is 5.73 Å². The van der Waals surface area contributed by atoms with E-state index in [0.29, 0.717) is 5.92 Å². The third-order valence-electron chi connectivity index (χ3n) is 3.51. The van der Waals surface area contributed by atoms with Crippen molar-refractivity contribution in [1.29, 1.82) is 0 Å². The standard InChI is InChI=1S/C17H21N/c1-13(10-11-18)15-7-5-8-16(12-15)17-9-4-3-6-14(17)2/h3-9,12-13H,10-11,18H2,1-2H3. The molecule has 2 aromatic carbocycles. The molecule has 0 aliphatic rings. The highest BCUT2D eigenvalue weighted by Gasteiger charge is 2.07. The van der Waals surface area contributed by atoms with Gasteiger partial charge in [-0.25, -0.2) is 0 Å². The third-order valence-corrected chi connectivity index (χ3v) is 3.51. The van der Waals surface area contributed by atoms with E-state index < -0.39 is 0 Å². The number of aryl methyl sites for hydroxylation is 1. The molecule has 2 N–H and O–H groups in total. The van der Waals surface area contributed by atoms with Crippen molar-refractivity contribution in [2.24, 2.45) is 5.73 Å². The molecule has 0 fully saturated rings. The average Bonchev–Trinajstić information content (AvgIpc) is 2.40. The van der Waals surface area contributed by atoms with Crippen molar-refractivity contribution in [2.75, 3.05) is 6.54 Å². The van der Waals surface area contributed by atoms with E-state index in [1.807, 2.05) is 0 Å². The summed E-state index contributed by atoms with van der Waals surface area (Å²) in [6, 6.07) is 17.3. The van der Waals surface area contributed by atoms with Crippen LogP contribution in [0.1, 0.15) is 30.4 Å². The fraction of sp³-hybridized carbons (Fsp3) is 0.294. The summed E-state index contributed by atoms with van der Waals surface area (Å²) in [5.74, 6) is 0.527. The molecule has 1 heteroatoms. The van der Waals surface area contributed by atoms with Gasteiger partial charge >= 0.3 is 0 Å². The fourth-order valence-corrected chi connectivity index (χ4v) is 2.33. The monoisotopic (exact) mass is 239 g/mol. The second kappa shape index (κ2) is 5.83. The smallest absolute Gasteiger partial charge is 0.00715 e. The maximum absolute atomic E-state index is 5.64.